The van der Waals surface area contributed by atoms with E-state index in [0.29, 0.717) is 17.8 Å². The van der Waals surface area contributed by atoms with Gasteiger partial charge in [-0.2, -0.15) is 0 Å². The molecule has 9 fully saturated rings. The van der Waals surface area contributed by atoms with Gasteiger partial charge in [-0.15, -0.1) is 12.4 Å². The number of rotatable bonds is 14. The first-order valence-corrected chi connectivity index (χ1v) is 34.6. The van der Waals surface area contributed by atoms with Crippen LogP contribution in [-0.4, -0.2) is 167 Å². The Bertz CT molecular complexity index is 4270. The Morgan fingerprint density at radius 3 is 0.980 bits per heavy atom. The van der Waals surface area contributed by atoms with Gasteiger partial charge < -0.3 is 60.9 Å². The first-order chi connectivity index (χ1) is 46.1. The van der Waals surface area contributed by atoms with Gasteiger partial charge in [0.2, 0.25) is 0 Å². The summed E-state index contributed by atoms with van der Waals surface area (Å²) in [5.41, 5.74) is 19.2. The van der Waals surface area contributed by atoms with Gasteiger partial charge in [-0.25, -0.2) is 29.9 Å². The Labute approximate surface area is 593 Å². The van der Waals surface area contributed by atoms with E-state index in [4.69, 9.17) is 35.6 Å². The predicted octanol–water partition coefficient (Wildman–Crippen LogP) is 12.9. The summed E-state index contributed by atoms with van der Waals surface area (Å²) >= 11 is 0. The van der Waals surface area contributed by atoms with Crippen LogP contribution >= 0.6 is 12.4 Å². The summed E-state index contributed by atoms with van der Waals surface area (Å²) in [6, 6.07) is 44.0. The molecule has 23 heteroatoms. The standard InChI is InChI=1S/C26H32N6.C24H26N6O2.C24H28N6.CH4.ClH.Fe.H3N/c1-29(2)20-10-11-22-21(18-20)26(28-25(27-22)19-8-9-19)32-16-14-31(15-17-32)24-7-4-3-6-23(24)30-12-5-13-30;31-30(32)18-8-9-20-19(16-18)24(26-23(25-20)17-6-7-17)29-14-12-28(13-15-29)22-5-2-1-4-21(22)27-10-3-11-27;25-18-8-9-20-19(16-18)24(27-23(26-20)17-6-7-17)30-14-12-29(13-15-30)22-5-2-1-4-21(22)28-10-3-11-28;;;;/h3-4,6-7,10-11,18-19H,5,8-9,12-17H2,1-2H3;1-2,4-5,8-9,16-17H,3,6-7,10-15H2;1-2,4-5,8-9,16-17H,3,6-7,10-15,25H2;1H4;1H;;1H3. The van der Waals surface area contributed by atoms with Gasteiger partial charge in [0.1, 0.15) is 34.9 Å². The molecule has 9 aliphatic rings. The minimum atomic E-state index is -0.345. The van der Waals surface area contributed by atoms with Crippen molar-refractivity contribution in [1.82, 2.24) is 36.1 Å². The number of hydrogen-bond acceptors (Lipinski definition) is 20. The maximum atomic E-state index is 11.4. The molecule has 9 aromatic rings. The van der Waals surface area contributed by atoms with E-state index in [1.807, 2.05) is 18.2 Å². The number of anilines is 11. The maximum absolute atomic E-state index is 11.4. The van der Waals surface area contributed by atoms with Crippen molar-refractivity contribution >= 4 is 114 Å². The number of nitrogen functional groups attached to an aromatic ring is 1. The molecule has 3 aromatic heterocycles. The topological polar surface area (TPSA) is 214 Å². The Morgan fingerprint density at radius 2 is 0.684 bits per heavy atom. The number of benzene rings is 6. The summed E-state index contributed by atoms with van der Waals surface area (Å²) in [6.45, 7) is 18.3. The minimum absolute atomic E-state index is 0. The number of nitrogens with zero attached hydrogens (tertiary/aromatic N) is 17. The molecule has 0 unspecified atom stereocenters. The van der Waals surface area contributed by atoms with E-state index < -0.39 is 0 Å². The second kappa shape index (κ2) is 29.8. The number of aromatic nitrogens is 6. The molecule has 0 atom stereocenters. The smallest absolute Gasteiger partial charge is 0.270 e. The van der Waals surface area contributed by atoms with Crippen LogP contribution in [0, 0.1) is 10.1 Å². The van der Waals surface area contributed by atoms with E-state index in [1.165, 1.54) is 116 Å². The van der Waals surface area contributed by atoms with Crippen molar-refractivity contribution in [3.63, 3.8) is 0 Å². The molecule has 5 N–H and O–H groups in total. The normalized spacial score (nSPS) is 18.1. The number of para-hydroxylation sites is 6. The van der Waals surface area contributed by atoms with E-state index in [2.05, 4.69) is 154 Å². The largest absolute Gasteiger partial charge is 0.399 e. The van der Waals surface area contributed by atoms with Gasteiger partial charge in [-0.3, -0.25) is 10.1 Å². The van der Waals surface area contributed by atoms with Crippen molar-refractivity contribution < 1.29 is 22.0 Å². The van der Waals surface area contributed by atoms with E-state index in [-0.39, 0.29) is 53.7 Å². The van der Waals surface area contributed by atoms with E-state index >= 15 is 0 Å². The molecule has 21 nitrogen and oxygen atoms in total. The zero-order valence-corrected chi connectivity index (χ0v) is 57.8. The number of halogens is 1. The van der Waals surface area contributed by atoms with Gasteiger partial charge in [-0.1, -0.05) is 43.8 Å². The third-order valence-electron chi connectivity index (χ3n) is 20.6. The van der Waals surface area contributed by atoms with E-state index in [0.717, 1.165) is 172 Å². The van der Waals surface area contributed by atoms with Crippen LogP contribution in [0.3, 0.4) is 0 Å². The average molecular weight is 1390 g/mol. The summed E-state index contributed by atoms with van der Waals surface area (Å²) in [4.78, 5) is 64.9. The number of fused-ring (bicyclic) bond motifs is 3. The molecule has 0 spiro atoms. The summed E-state index contributed by atoms with van der Waals surface area (Å²) < 4.78 is 0. The molecule has 6 aromatic carbocycles. The Balaban J connectivity index is 0.000000137. The first kappa shape index (κ1) is 69.2. The second-order valence-electron chi connectivity index (χ2n) is 27.3. The van der Waals surface area contributed by atoms with Gasteiger partial charge in [-0.05, 0) is 137 Å². The van der Waals surface area contributed by atoms with Crippen LogP contribution in [0.5, 0.6) is 0 Å². The molecule has 0 amide bonds. The molecule has 3 saturated carbocycles. The molecule has 0 bridgehead atoms. The van der Waals surface area contributed by atoms with Crippen molar-refractivity contribution in [3.8, 4) is 0 Å². The number of hydrogen-bond donors (Lipinski definition) is 2. The summed E-state index contributed by atoms with van der Waals surface area (Å²) in [7, 11) is 4.18. The van der Waals surface area contributed by atoms with Crippen LogP contribution in [0.2, 0.25) is 0 Å². The maximum Gasteiger partial charge on any atom is 0.270 e. The fraction of sp³-hybridized carbons (Fsp3) is 0.440. The number of nitro benzene ring substituents is 1. The fourth-order valence-corrected chi connectivity index (χ4v) is 14.2. The minimum Gasteiger partial charge on any atom is -0.399 e. The van der Waals surface area contributed by atoms with Crippen LogP contribution in [0.4, 0.5) is 68.6 Å². The third kappa shape index (κ3) is 14.4. The first-order valence-electron chi connectivity index (χ1n) is 34.6. The Kier molecular flexibility index (Phi) is 21.0. The monoisotopic (exact) mass is 1380 g/mol. The van der Waals surface area contributed by atoms with Crippen molar-refractivity contribution in [3.05, 3.63) is 155 Å². The summed E-state index contributed by atoms with van der Waals surface area (Å²) in [5, 5.41) is 14.4. The van der Waals surface area contributed by atoms with Crippen molar-refractivity contribution in [1.29, 1.82) is 0 Å². The number of non-ortho nitro benzene ring substituents is 1. The van der Waals surface area contributed by atoms with Crippen LogP contribution in [0.15, 0.2) is 127 Å². The summed E-state index contributed by atoms with van der Waals surface area (Å²) in [6.07, 6.45) is 11.0. The Hall–Kier alpha value is -8.69. The van der Waals surface area contributed by atoms with Gasteiger partial charge in [0, 0.05) is 206 Å². The van der Waals surface area contributed by atoms with E-state index in [1.54, 1.807) is 18.2 Å². The van der Waals surface area contributed by atoms with Crippen molar-refractivity contribution in [2.45, 2.75) is 83.0 Å². The molecular formula is C75H94ClFeN19O2. The quantitative estimate of drug-likeness (QED) is 0.0448. The van der Waals surface area contributed by atoms with Crippen LogP contribution < -0.4 is 60.9 Å². The fourth-order valence-electron chi connectivity index (χ4n) is 14.2. The molecule has 6 aliphatic heterocycles. The van der Waals surface area contributed by atoms with Crippen LogP contribution in [-0.2, 0) is 17.1 Å². The molecule has 3 aliphatic carbocycles. The zero-order valence-electron chi connectivity index (χ0n) is 55.9. The molecule has 516 valence electrons. The van der Waals surface area contributed by atoms with Gasteiger partial charge in [0.25, 0.3) is 5.69 Å². The van der Waals surface area contributed by atoms with E-state index in [9.17, 15) is 10.1 Å². The average Bonchev–Trinajstić information content (AvgIpc) is 1.34. The van der Waals surface area contributed by atoms with Crippen molar-refractivity contribution in [2.75, 3.05) is 187 Å². The zero-order chi connectivity index (χ0) is 63.4. The molecule has 98 heavy (non-hydrogen) atoms. The van der Waals surface area contributed by atoms with Crippen LogP contribution in [0.25, 0.3) is 32.7 Å². The molecular weight excluding hydrogens is 1290 g/mol. The number of piperazine rings is 3. The molecule has 0 radical (unpaired) electrons. The van der Waals surface area contributed by atoms with Crippen LogP contribution in [0.1, 0.15) is 100 Å². The third-order valence-corrected chi connectivity index (χ3v) is 20.6. The second-order valence-corrected chi connectivity index (χ2v) is 27.3. The Morgan fingerprint density at radius 1 is 0.398 bits per heavy atom. The summed E-state index contributed by atoms with van der Waals surface area (Å²) in [5.74, 6) is 7.47. The van der Waals surface area contributed by atoms with Gasteiger partial charge in [0.05, 0.1) is 55.6 Å². The predicted molar refractivity (Wildman–Crippen MR) is 402 cm³/mol. The number of nitro groups is 1. The van der Waals surface area contributed by atoms with Crippen molar-refractivity contribution in [2.24, 2.45) is 0 Å². The van der Waals surface area contributed by atoms with Gasteiger partial charge in [0.15, 0.2) is 0 Å². The SMILES string of the molecule is C.CN(C)c1ccc2nc(C3CC3)nc(N3CCN(c4ccccc4N4CCC4)CC3)c2c1.Cl.N.Nc1ccc2nc(C3CC3)nc(N3CCN(c4ccccc4N4CCC4)CC3)c2c1.O=[N+]([O-])c1ccc2nc(C3CC3)nc(N3CCN(c4ccccc4N4CCC4)CC3)c2c1.[Fe]. The molecule has 18 rings (SSSR count). The number of nitrogens with two attached hydrogens (primary N) is 1. The molecule has 6 saturated heterocycles. The van der Waals surface area contributed by atoms with Gasteiger partial charge >= 0.3 is 0 Å². The molecule has 9 heterocycles.